The molecule has 0 saturated heterocycles. The van der Waals surface area contributed by atoms with Gasteiger partial charge in [0, 0.05) is 15.6 Å². The monoisotopic (exact) mass is 321 g/mol. The fourth-order valence-corrected chi connectivity index (χ4v) is 3.44. The van der Waals surface area contributed by atoms with Crippen LogP contribution in [0, 0.1) is 0 Å². The molecule has 0 N–H and O–H groups in total. The molecule has 0 atom stereocenters. The van der Waals surface area contributed by atoms with Crippen molar-refractivity contribution in [1.82, 2.24) is 4.98 Å². The summed E-state index contributed by atoms with van der Waals surface area (Å²) in [5.74, 6) is -0.0338. The van der Waals surface area contributed by atoms with E-state index >= 15 is 0 Å². The Morgan fingerprint density at radius 2 is 1.80 bits per heavy atom. The maximum absolute atomic E-state index is 12.2. The van der Waals surface area contributed by atoms with Crippen molar-refractivity contribution in [2.75, 3.05) is 0 Å². The Kier molecular flexibility index (Phi) is 3.74. The zero-order valence-electron chi connectivity index (χ0n) is 10.3. The summed E-state index contributed by atoms with van der Waals surface area (Å²) in [6.07, 6.45) is 0.260. The second-order valence-electron chi connectivity index (χ2n) is 4.33. The van der Waals surface area contributed by atoms with Crippen LogP contribution in [0.5, 0.6) is 0 Å². The molecule has 20 heavy (non-hydrogen) atoms. The predicted molar refractivity (Wildman–Crippen MR) is 84.1 cm³/mol. The van der Waals surface area contributed by atoms with Crippen LogP contribution in [-0.4, -0.2) is 10.8 Å². The summed E-state index contributed by atoms with van der Waals surface area (Å²) in [7, 11) is 0. The van der Waals surface area contributed by atoms with Crippen LogP contribution in [0.3, 0.4) is 0 Å². The Balaban J connectivity index is 1.88. The molecule has 5 heteroatoms. The first-order valence-corrected chi connectivity index (χ1v) is 7.53. The lowest BCUT2D eigenvalue weighted by molar-refractivity contribution is 0.0993. The van der Waals surface area contributed by atoms with Crippen LogP contribution in [0.1, 0.15) is 15.4 Å². The molecular weight excluding hydrogens is 313 g/mol. The second-order valence-corrected chi connectivity index (χ2v) is 6.32. The van der Waals surface area contributed by atoms with Crippen molar-refractivity contribution in [2.24, 2.45) is 0 Å². The van der Waals surface area contributed by atoms with Gasteiger partial charge in [0.15, 0.2) is 5.78 Å². The molecule has 1 heterocycles. The first-order chi connectivity index (χ1) is 9.61. The minimum atomic E-state index is -0.0338. The molecular formula is C15H9Cl2NOS. The number of fused-ring (bicyclic) bond motifs is 1. The number of aromatic nitrogens is 1. The van der Waals surface area contributed by atoms with Gasteiger partial charge in [-0.05, 0) is 30.3 Å². The minimum absolute atomic E-state index is 0.0338. The molecule has 0 spiro atoms. The number of halogens is 2. The van der Waals surface area contributed by atoms with Crippen molar-refractivity contribution in [1.29, 1.82) is 0 Å². The zero-order valence-corrected chi connectivity index (χ0v) is 12.6. The highest BCUT2D eigenvalue weighted by Gasteiger charge is 2.12. The van der Waals surface area contributed by atoms with Crippen LogP contribution in [0.15, 0.2) is 42.5 Å². The molecule has 0 aliphatic carbocycles. The fraction of sp³-hybridized carbons (Fsp3) is 0.0667. The molecule has 0 aliphatic rings. The highest BCUT2D eigenvalue weighted by molar-refractivity contribution is 7.18. The minimum Gasteiger partial charge on any atom is -0.294 e. The van der Waals surface area contributed by atoms with Gasteiger partial charge in [0.2, 0.25) is 0 Å². The molecule has 2 aromatic carbocycles. The number of hydrogen-bond donors (Lipinski definition) is 0. The Bertz CT molecular complexity index is 744. The smallest absolute Gasteiger partial charge is 0.169 e. The van der Waals surface area contributed by atoms with Gasteiger partial charge >= 0.3 is 0 Å². The summed E-state index contributed by atoms with van der Waals surface area (Å²) >= 11 is 13.4. The van der Waals surface area contributed by atoms with Gasteiger partial charge in [-0.15, -0.1) is 11.3 Å². The summed E-state index contributed by atoms with van der Waals surface area (Å²) in [5, 5.41) is 1.72. The lowest BCUT2D eigenvalue weighted by atomic mass is 10.1. The van der Waals surface area contributed by atoms with Crippen LogP contribution in [-0.2, 0) is 6.42 Å². The average molecular weight is 322 g/mol. The number of thiazole rings is 1. The molecule has 3 rings (SSSR count). The van der Waals surface area contributed by atoms with Gasteiger partial charge < -0.3 is 0 Å². The van der Waals surface area contributed by atoms with Gasteiger partial charge in [0.05, 0.1) is 16.6 Å². The third-order valence-corrected chi connectivity index (χ3v) is 4.31. The van der Waals surface area contributed by atoms with Gasteiger partial charge in [-0.25, -0.2) is 4.98 Å². The van der Waals surface area contributed by atoms with Crippen LogP contribution < -0.4 is 0 Å². The van der Waals surface area contributed by atoms with Gasteiger partial charge in [0.1, 0.15) is 5.01 Å². The maximum Gasteiger partial charge on any atom is 0.169 e. The first-order valence-electron chi connectivity index (χ1n) is 5.95. The third-order valence-electron chi connectivity index (χ3n) is 2.83. The number of benzene rings is 2. The fourth-order valence-electron chi connectivity index (χ4n) is 1.95. The summed E-state index contributed by atoms with van der Waals surface area (Å²) in [5.41, 5.74) is 1.44. The Morgan fingerprint density at radius 3 is 2.50 bits per heavy atom. The third kappa shape index (κ3) is 2.85. The standard InChI is InChI=1S/C15H9Cl2NOS/c16-10-5-9(6-11(17)7-10)13(19)8-15-18-12-3-1-2-4-14(12)20-15/h1-7H,8H2. The number of rotatable bonds is 3. The number of carbonyl (C=O) groups is 1. The maximum atomic E-state index is 12.2. The summed E-state index contributed by atoms with van der Waals surface area (Å²) in [6.45, 7) is 0. The highest BCUT2D eigenvalue weighted by atomic mass is 35.5. The van der Waals surface area contributed by atoms with Gasteiger partial charge in [-0.2, -0.15) is 0 Å². The van der Waals surface area contributed by atoms with E-state index in [1.54, 1.807) is 18.2 Å². The van der Waals surface area contributed by atoms with Crippen molar-refractivity contribution in [3.8, 4) is 0 Å². The van der Waals surface area contributed by atoms with Gasteiger partial charge in [-0.3, -0.25) is 4.79 Å². The molecule has 0 saturated carbocycles. The van der Waals surface area contributed by atoms with Crippen LogP contribution in [0.25, 0.3) is 10.2 Å². The normalized spacial score (nSPS) is 10.9. The lowest BCUT2D eigenvalue weighted by Crippen LogP contribution is -2.03. The number of ketones is 1. The topological polar surface area (TPSA) is 30.0 Å². The summed E-state index contributed by atoms with van der Waals surface area (Å²) < 4.78 is 1.08. The van der Waals surface area contributed by atoms with Crippen LogP contribution in [0.4, 0.5) is 0 Å². The molecule has 100 valence electrons. The van der Waals surface area contributed by atoms with E-state index in [1.807, 2.05) is 24.3 Å². The number of nitrogens with zero attached hydrogens (tertiary/aromatic N) is 1. The van der Waals surface area contributed by atoms with E-state index in [0.29, 0.717) is 15.6 Å². The van der Waals surface area contributed by atoms with Gasteiger partial charge in [0.25, 0.3) is 0 Å². The first kappa shape index (κ1) is 13.6. The van der Waals surface area contributed by atoms with E-state index < -0.39 is 0 Å². The summed E-state index contributed by atoms with van der Waals surface area (Å²) in [6, 6.07) is 12.7. The molecule has 0 aliphatic heterocycles. The van der Waals surface area contributed by atoms with Crippen LogP contribution >= 0.6 is 34.5 Å². The predicted octanol–water partition coefficient (Wildman–Crippen LogP) is 5.03. The quantitative estimate of drug-likeness (QED) is 0.633. The van der Waals surface area contributed by atoms with Gasteiger partial charge in [-0.1, -0.05) is 35.3 Å². The molecule has 1 aromatic heterocycles. The molecule has 0 bridgehead atoms. The van der Waals surface area contributed by atoms with E-state index in [4.69, 9.17) is 23.2 Å². The second kappa shape index (κ2) is 5.52. The average Bonchev–Trinajstić information content (AvgIpc) is 2.79. The zero-order chi connectivity index (χ0) is 14.1. The largest absolute Gasteiger partial charge is 0.294 e. The molecule has 2 nitrogen and oxygen atoms in total. The van der Waals surface area contributed by atoms with E-state index in [9.17, 15) is 4.79 Å². The molecule has 0 radical (unpaired) electrons. The van der Waals surface area contributed by atoms with Crippen molar-refractivity contribution < 1.29 is 4.79 Å². The Hall–Kier alpha value is -1.42. The van der Waals surface area contributed by atoms with Crippen molar-refractivity contribution in [3.63, 3.8) is 0 Å². The molecule has 0 fully saturated rings. The van der Waals surface area contributed by atoms with Crippen molar-refractivity contribution in [3.05, 3.63) is 63.1 Å². The Morgan fingerprint density at radius 1 is 1.10 bits per heavy atom. The summed E-state index contributed by atoms with van der Waals surface area (Å²) in [4.78, 5) is 16.7. The number of carbonyl (C=O) groups excluding carboxylic acids is 1. The highest BCUT2D eigenvalue weighted by Crippen LogP contribution is 2.24. The number of hydrogen-bond acceptors (Lipinski definition) is 3. The molecule has 0 unspecified atom stereocenters. The molecule has 0 amide bonds. The van der Waals surface area contributed by atoms with E-state index in [-0.39, 0.29) is 12.2 Å². The van der Waals surface area contributed by atoms with E-state index in [0.717, 1.165) is 15.2 Å². The van der Waals surface area contributed by atoms with E-state index in [1.165, 1.54) is 11.3 Å². The van der Waals surface area contributed by atoms with E-state index in [2.05, 4.69) is 4.98 Å². The van der Waals surface area contributed by atoms with Crippen molar-refractivity contribution in [2.45, 2.75) is 6.42 Å². The molecule has 3 aromatic rings. The lowest BCUT2D eigenvalue weighted by Gasteiger charge is -2.01. The van der Waals surface area contributed by atoms with Crippen LogP contribution in [0.2, 0.25) is 10.0 Å². The Labute approximate surface area is 130 Å². The van der Waals surface area contributed by atoms with Crippen molar-refractivity contribution >= 4 is 50.5 Å². The SMILES string of the molecule is O=C(Cc1nc2ccccc2s1)c1cc(Cl)cc(Cl)c1. The number of para-hydroxylation sites is 1. The number of Topliss-reactive ketones (excluding diaryl/α,β-unsaturated/α-hetero) is 1.